The maximum atomic E-state index is 4.27. The van der Waals surface area contributed by atoms with E-state index in [9.17, 15) is 0 Å². The van der Waals surface area contributed by atoms with Crippen LogP contribution in [0.15, 0.2) is 36.7 Å². The van der Waals surface area contributed by atoms with E-state index in [1.165, 1.54) is 50.5 Å². The zero-order valence-electron chi connectivity index (χ0n) is 15.3. The van der Waals surface area contributed by atoms with Gasteiger partial charge in [0.2, 0.25) is 0 Å². The predicted molar refractivity (Wildman–Crippen MR) is 101 cm³/mol. The Labute approximate surface area is 142 Å². The minimum atomic E-state index is 0.788. The molecule has 0 radical (unpaired) electrons. The van der Waals surface area contributed by atoms with E-state index < -0.39 is 0 Å². The van der Waals surface area contributed by atoms with Gasteiger partial charge < -0.3 is 0 Å². The van der Waals surface area contributed by atoms with Crippen molar-refractivity contribution in [3.63, 3.8) is 0 Å². The van der Waals surface area contributed by atoms with Crippen LogP contribution in [0.2, 0.25) is 0 Å². The molecule has 23 heavy (non-hydrogen) atoms. The molecule has 0 fully saturated rings. The Morgan fingerprint density at radius 3 is 1.61 bits per heavy atom. The van der Waals surface area contributed by atoms with Gasteiger partial charge in [0.25, 0.3) is 0 Å². The maximum absolute atomic E-state index is 4.27. The molecule has 2 heteroatoms. The van der Waals surface area contributed by atoms with Crippen molar-refractivity contribution in [2.45, 2.75) is 72.6 Å². The Bertz CT molecular complexity index is 465. The largest absolute Gasteiger partial charge is 0.236 e. The third kappa shape index (κ3) is 8.49. The highest BCUT2D eigenvalue weighted by Gasteiger charge is 1.98. The summed E-state index contributed by atoms with van der Waals surface area (Å²) in [6.45, 7) is 8.58. The van der Waals surface area contributed by atoms with Gasteiger partial charge in [-0.15, -0.1) is 0 Å². The highest BCUT2D eigenvalue weighted by molar-refractivity contribution is 5.54. The number of hydrogen-bond donors (Lipinski definition) is 0. The molecule has 126 valence electrons. The van der Waals surface area contributed by atoms with E-state index >= 15 is 0 Å². The quantitative estimate of drug-likeness (QED) is 0.544. The van der Waals surface area contributed by atoms with Gasteiger partial charge in [0.05, 0.1) is 0 Å². The van der Waals surface area contributed by atoms with Crippen LogP contribution in [0.5, 0.6) is 0 Å². The summed E-state index contributed by atoms with van der Waals surface area (Å²) in [6.07, 6.45) is 13.6. The molecule has 0 aliphatic rings. The van der Waals surface area contributed by atoms with E-state index in [1.807, 2.05) is 31.5 Å². The number of aryl methyl sites for hydroxylation is 2. The van der Waals surface area contributed by atoms with Crippen molar-refractivity contribution in [3.05, 3.63) is 47.8 Å². The van der Waals surface area contributed by atoms with Crippen LogP contribution in [-0.2, 0) is 0 Å². The van der Waals surface area contributed by atoms with Crippen molar-refractivity contribution in [1.82, 2.24) is 9.97 Å². The third-order valence-electron chi connectivity index (χ3n) is 3.80. The fraction of sp³-hybridized carbons (Fsp3) is 0.524. The minimum Gasteiger partial charge on any atom is -0.236 e. The van der Waals surface area contributed by atoms with Crippen molar-refractivity contribution in [1.29, 1.82) is 0 Å². The average molecular weight is 313 g/mol. The number of aromatic nitrogens is 2. The van der Waals surface area contributed by atoms with Crippen LogP contribution >= 0.6 is 0 Å². The number of rotatable bonds is 7. The van der Waals surface area contributed by atoms with Gasteiger partial charge in [0.15, 0.2) is 5.82 Å². The molecule has 0 unspecified atom stereocenters. The van der Waals surface area contributed by atoms with Crippen molar-refractivity contribution >= 4 is 0 Å². The fourth-order valence-electron chi connectivity index (χ4n) is 2.27. The van der Waals surface area contributed by atoms with Crippen LogP contribution in [0, 0.1) is 13.8 Å². The summed E-state index contributed by atoms with van der Waals surface area (Å²) in [5.41, 5.74) is 3.40. The first-order valence-electron chi connectivity index (χ1n) is 9.03. The van der Waals surface area contributed by atoms with Crippen LogP contribution in [0.4, 0.5) is 0 Å². The molecule has 0 saturated carbocycles. The van der Waals surface area contributed by atoms with Crippen LogP contribution < -0.4 is 0 Å². The first-order valence-corrected chi connectivity index (χ1v) is 9.03. The van der Waals surface area contributed by atoms with Crippen LogP contribution in [-0.4, -0.2) is 9.97 Å². The lowest BCUT2D eigenvalue weighted by Crippen LogP contribution is -1.88. The summed E-state index contributed by atoms with van der Waals surface area (Å²) in [5.74, 6) is 0.788. The van der Waals surface area contributed by atoms with E-state index in [2.05, 4.69) is 42.9 Å². The number of benzene rings is 1. The molecule has 0 bridgehead atoms. The SMILES string of the molecule is CCCCCCCCC.Cc1ccc(-c2ncc(C)cn2)cc1. The van der Waals surface area contributed by atoms with Gasteiger partial charge in [-0.25, -0.2) is 9.97 Å². The maximum Gasteiger partial charge on any atom is 0.159 e. The van der Waals surface area contributed by atoms with Gasteiger partial charge >= 0.3 is 0 Å². The van der Waals surface area contributed by atoms with Gasteiger partial charge in [0, 0.05) is 18.0 Å². The number of unbranched alkanes of at least 4 members (excludes halogenated alkanes) is 6. The standard InChI is InChI=1S/C12H12N2.C9H20/c1-9-3-5-11(6-4-9)12-13-7-10(2)8-14-12;1-3-5-7-9-8-6-4-2/h3-8H,1-2H3;3-9H2,1-2H3. The van der Waals surface area contributed by atoms with Crippen molar-refractivity contribution in [3.8, 4) is 11.4 Å². The second-order valence-corrected chi connectivity index (χ2v) is 6.22. The summed E-state index contributed by atoms with van der Waals surface area (Å²) >= 11 is 0. The highest BCUT2D eigenvalue weighted by Crippen LogP contribution is 2.14. The molecule has 2 aromatic rings. The zero-order valence-corrected chi connectivity index (χ0v) is 15.3. The monoisotopic (exact) mass is 312 g/mol. The zero-order chi connectivity index (χ0) is 16.9. The lowest BCUT2D eigenvalue weighted by molar-refractivity contribution is 0.602. The Hall–Kier alpha value is -1.70. The van der Waals surface area contributed by atoms with Crippen LogP contribution in [0.25, 0.3) is 11.4 Å². The fourth-order valence-corrected chi connectivity index (χ4v) is 2.27. The molecule has 1 heterocycles. The normalized spacial score (nSPS) is 10.1. The molecule has 0 N–H and O–H groups in total. The molecule has 0 amide bonds. The van der Waals surface area contributed by atoms with E-state index in [1.54, 1.807) is 0 Å². The van der Waals surface area contributed by atoms with Gasteiger partial charge in [-0.05, 0) is 19.4 Å². The number of hydrogen-bond acceptors (Lipinski definition) is 2. The van der Waals surface area contributed by atoms with Crippen molar-refractivity contribution in [2.24, 2.45) is 0 Å². The van der Waals surface area contributed by atoms with E-state index in [0.717, 1.165) is 17.0 Å². The smallest absolute Gasteiger partial charge is 0.159 e. The summed E-state index contributed by atoms with van der Waals surface area (Å²) in [5, 5.41) is 0. The lowest BCUT2D eigenvalue weighted by atomic mass is 10.1. The minimum absolute atomic E-state index is 0.788. The summed E-state index contributed by atoms with van der Waals surface area (Å²) in [7, 11) is 0. The number of nitrogens with zero attached hydrogens (tertiary/aromatic N) is 2. The highest BCUT2D eigenvalue weighted by atomic mass is 14.9. The molecule has 0 spiro atoms. The topological polar surface area (TPSA) is 25.8 Å². The molecular weight excluding hydrogens is 280 g/mol. The Balaban J connectivity index is 0.000000257. The van der Waals surface area contributed by atoms with Gasteiger partial charge in [-0.3, -0.25) is 0 Å². The molecular formula is C21H32N2. The van der Waals surface area contributed by atoms with E-state index in [0.29, 0.717) is 0 Å². The van der Waals surface area contributed by atoms with Gasteiger partial charge in [-0.1, -0.05) is 88.6 Å². The molecule has 0 aliphatic carbocycles. The summed E-state index contributed by atoms with van der Waals surface area (Å²) < 4.78 is 0. The Kier molecular flexibility index (Phi) is 9.94. The van der Waals surface area contributed by atoms with Crippen LogP contribution in [0.3, 0.4) is 0 Å². The van der Waals surface area contributed by atoms with Crippen molar-refractivity contribution < 1.29 is 0 Å². The van der Waals surface area contributed by atoms with Gasteiger partial charge in [-0.2, -0.15) is 0 Å². The Morgan fingerprint density at radius 2 is 1.13 bits per heavy atom. The van der Waals surface area contributed by atoms with Crippen molar-refractivity contribution in [2.75, 3.05) is 0 Å². The molecule has 2 rings (SSSR count). The first-order chi connectivity index (χ1) is 11.2. The molecule has 0 atom stereocenters. The summed E-state index contributed by atoms with van der Waals surface area (Å²) in [6, 6.07) is 8.22. The second-order valence-electron chi connectivity index (χ2n) is 6.22. The predicted octanol–water partition coefficient (Wildman–Crippen LogP) is 6.52. The third-order valence-corrected chi connectivity index (χ3v) is 3.80. The van der Waals surface area contributed by atoms with Gasteiger partial charge in [0.1, 0.15) is 0 Å². The van der Waals surface area contributed by atoms with E-state index in [4.69, 9.17) is 0 Å². The summed E-state index contributed by atoms with van der Waals surface area (Å²) in [4.78, 5) is 8.53. The second kappa shape index (κ2) is 11.8. The lowest BCUT2D eigenvalue weighted by Gasteiger charge is -2.00. The molecule has 0 aliphatic heterocycles. The molecule has 0 saturated heterocycles. The molecule has 1 aromatic carbocycles. The van der Waals surface area contributed by atoms with Crippen LogP contribution in [0.1, 0.15) is 69.9 Å². The average Bonchev–Trinajstić information content (AvgIpc) is 2.57. The Morgan fingerprint density at radius 1 is 0.652 bits per heavy atom. The molecule has 2 nitrogen and oxygen atoms in total. The van der Waals surface area contributed by atoms with E-state index in [-0.39, 0.29) is 0 Å². The molecule has 1 aromatic heterocycles. The first kappa shape index (κ1) is 19.3.